The number of amides is 1. The Morgan fingerprint density at radius 1 is 1.53 bits per heavy atom. The second-order valence-corrected chi connectivity index (χ2v) is 4.33. The summed E-state index contributed by atoms with van der Waals surface area (Å²) in [5.74, 6) is -0.0228. The summed E-state index contributed by atoms with van der Waals surface area (Å²) in [6.07, 6.45) is 0. The monoisotopic (exact) mass is 251 g/mol. The minimum absolute atomic E-state index is 0.0228. The van der Waals surface area contributed by atoms with Crippen molar-refractivity contribution in [2.45, 2.75) is 6.92 Å². The summed E-state index contributed by atoms with van der Waals surface area (Å²) < 4.78 is 0. The highest BCUT2D eigenvalue weighted by Crippen LogP contribution is 2.19. The fourth-order valence-electron chi connectivity index (χ4n) is 1.62. The Balaban J connectivity index is 2.92. The first kappa shape index (κ1) is 13.4. The zero-order valence-electron chi connectivity index (χ0n) is 10.3. The SMILES string of the molecule is CNC(=O)CN(C)c1ccc(C(N)=S)cc1C. The Morgan fingerprint density at radius 3 is 2.65 bits per heavy atom. The predicted octanol–water partition coefficient (Wildman–Crippen LogP) is 0.811. The van der Waals surface area contributed by atoms with Gasteiger partial charge >= 0.3 is 0 Å². The Labute approximate surface area is 107 Å². The molecule has 0 aliphatic carbocycles. The molecule has 0 heterocycles. The van der Waals surface area contributed by atoms with Crippen LogP contribution in [-0.4, -0.2) is 31.5 Å². The zero-order chi connectivity index (χ0) is 13.0. The number of rotatable bonds is 4. The highest BCUT2D eigenvalue weighted by Gasteiger charge is 2.09. The van der Waals surface area contributed by atoms with Crippen molar-refractivity contribution in [2.75, 3.05) is 25.5 Å². The molecule has 1 rings (SSSR count). The number of nitrogens with zero attached hydrogens (tertiary/aromatic N) is 1. The largest absolute Gasteiger partial charge is 0.389 e. The molecule has 1 aromatic carbocycles. The van der Waals surface area contributed by atoms with Crippen molar-refractivity contribution in [3.05, 3.63) is 29.3 Å². The van der Waals surface area contributed by atoms with Crippen LogP contribution in [0.2, 0.25) is 0 Å². The number of carbonyl (C=O) groups is 1. The van der Waals surface area contributed by atoms with Gasteiger partial charge in [0, 0.05) is 25.3 Å². The van der Waals surface area contributed by atoms with Crippen molar-refractivity contribution >= 4 is 28.8 Å². The first-order chi connectivity index (χ1) is 7.95. The van der Waals surface area contributed by atoms with Gasteiger partial charge in [0.1, 0.15) is 4.99 Å². The number of thiocarbonyl (C=S) groups is 1. The molecule has 0 saturated heterocycles. The van der Waals surface area contributed by atoms with Crippen LogP contribution in [0.15, 0.2) is 18.2 Å². The Bertz CT molecular complexity index is 445. The summed E-state index contributed by atoms with van der Waals surface area (Å²) in [7, 11) is 3.50. The van der Waals surface area contributed by atoms with Gasteiger partial charge in [-0.15, -0.1) is 0 Å². The molecule has 0 unspecified atom stereocenters. The summed E-state index contributed by atoms with van der Waals surface area (Å²) >= 11 is 4.92. The van der Waals surface area contributed by atoms with E-state index < -0.39 is 0 Å². The maximum absolute atomic E-state index is 11.3. The molecule has 0 atom stereocenters. The van der Waals surface area contributed by atoms with Gasteiger partial charge in [0.25, 0.3) is 0 Å². The topological polar surface area (TPSA) is 58.4 Å². The van der Waals surface area contributed by atoms with Crippen molar-refractivity contribution < 1.29 is 4.79 Å². The van der Waals surface area contributed by atoms with E-state index in [9.17, 15) is 4.79 Å². The van der Waals surface area contributed by atoms with Crippen LogP contribution in [0.4, 0.5) is 5.69 Å². The first-order valence-electron chi connectivity index (χ1n) is 5.28. The third-order valence-electron chi connectivity index (χ3n) is 2.55. The molecule has 0 radical (unpaired) electrons. The van der Waals surface area contributed by atoms with E-state index in [4.69, 9.17) is 18.0 Å². The van der Waals surface area contributed by atoms with Crippen LogP contribution in [0.25, 0.3) is 0 Å². The van der Waals surface area contributed by atoms with Gasteiger partial charge < -0.3 is 16.0 Å². The predicted molar refractivity (Wildman–Crippen MR) is 74.4 cm³/mol. The van der Waals surface area contributed by atoms with Crippen molar-refractivity contribution in [1.82, 2.24) is 5.32 Å². The van der Waals surface area contributed by atoms with Gasteiger partial charge in [-0.05, 0) is 30.7 Å². The van der Waals surface area contributed by atoms with Gasteiger partial charge in [-0.25, -0.2) is 0 Å². The van der Waals surface area contributed by atoms with Crippen LogP contribution in [0, 0.1) is 6.92 Å². The van der Waals surface area contributed by atoms with Crippen molar-refractivity contribution in [3.8, 4) is 0 Å². The highest BCUT2D eigenvalue weighted by atomic mass is 32.1. The molecule has 0 aliphatic rings. The minimum atomic E-state index is -0.0228. The molecule has 1 amide bonds. The number of nitrogens with two attached hydrogens (primary N) is 1. The van der Waals surface area contributed by atoms with Crippen LogP contribution < -0.4 is 16.0 Å². The number of aryl methyl sites for hydroxylation is 1. The van der Waals surface area contributed by atoms with E-state index in [1.807, 2.05) is 37.1 Å². The number of likely N-dealkylation sites (N-methyl/N-ethyl adjacent to an activating group) is 2. The molecular weight excluding hydrogens is 234 g/mol. The lowest BCUT2D eigenvalue weighted by Crippen LogP contribution is -2.33. The molecule has 0 aliphatic heterocycles. The van der Waals surface area contributed by atoms with E-state index in [0.29, 0.717) is 11.5 Å². The summed E-state index contributed by atoms with van der Waals surface area (Å²) in [5, 5.41) is 2.59. The highest BCUT2D eigenvalue weighted by molar-refractivity contribution is 7.80. The Hall–Kier alpha value is -1.62. The molecule has 5 heteroatoms. The second kappa shape index (κ2) is 5.63. The number of benzene rings is 1. The smallest absolute Gasteiger partial charge is 0.239 e. The quantitative estimate of drug-likeness (QED) is 0.778. The van der Waals surface area contributed by atoms with Crippen LogP contribution in [0.5, 0.6) is 0 Å². The van der Waals surface area contributed by atoms with Crippen molar-refractivity contribution in [3.63, 3.8) is 0 Å². The first-order valence-corrected chi connectivity index (χ1v) is 5.68. The molecule has 3 N–H and O–H groups in total. The third-order valence-corrected chi connectivity index (χ3v) is 2.79. The molecule has 4 nitrogen and oxygen atoms in total. The number of carbonyl (C=O) groups excluding carboxylic acids is 1. The lowest BCUT2D eigenvalue weighted by atomic mass is 10.1. The van der Waals surface area contributed by atoms with E-state index in [1.165, 1.54) is 0 Å². The molecule has 0 spiro atoms. The lowest BCUT2D eigenvalue weighted by Gasteiger charge is -2.20. The van der Waals surface area contributed by atoms with Crippen molar-refractivity contribution in [2.24, 2.45) is 5.73 Å². The van der Waals surface area contributed by atoms with Crippen LogP contribution >= 0.6 is 12.2 Å². The standard InChI is InChI=1S/C12H17N3OS/c1-8-6-9(12(13)17)4-5-10(8)15(3)7-11(16)14-2/h4-6H,7H2,1-3H3,(H2,13,17)(H,14,16). The molecule has 92 valence electrons. The van der Waals surface area contributed by atoms with Gasteiger partial charge in [-0.2, -0.15) is 0 Å². The molecule has 1 aromatic rings. The number of hydrogen-bond donors (Lipinski definition) is 2. The lowest BCUT2D eigenvalue weighted by molar-refractivity contribution is -0.119. The second-order valence-electron chi connectivity index (χ2n) is 3.89. The Kier molecular flexibility index (Phi) is 4.45. The van der Waals surface area contributed by atoms with E-state index in [2.05, 4.69) is 5.32 Å². The molecule has 17 heavy (non-hydrogen) atoms. The van der Waals surface area contributed by atoms with Crippen LogP contribution in [-0.2, 0) is 4.79 Å². The van der Waals surface area contributed by atoms with E-state index in [0.717, 1.165) is 16.8 Å². The normalized spacial score (nSPS) is 9.82. The van der Waals surface area contributed by atoms with Crippen LogP contribution in [0.3, 0.4) is 0 Å². The average molecular weight is 251 g/mol. The van der Waals surface area contributed by atoms with E-state index in [-0.39, 0.29) is 5.91 Å². The van der Waals surface area contributed by atoms with E-state index >= 15 is 0 Å². The van der Waals surface area contributed by atoms with Crippen LogP contribution in [0.1, 0.15) is 11.1 Å². The average Bonchev–Trinajstić information content (AvgIpc) is 2.28. The summed E-state index contributed by atoms with van der Waals surface area (Å²) in [6.45, 7) is 2.29. The third kappa shape index (κ3) is 3.42. The molecular formula is C12H17N3OS. The molecule has 0 bridgehead atoms. The number of anilines is 1. The summed E-state index contributed by atoms with van der Waals surface area (Å²) in [6, 6.07) is 5.72. The summed E-state index contributed by atoms with van der Waals surface area (Å²) in [4.78, 5) is 13.6. The fourth-order valence-corrected chi connectivity index (χ4v) is 1.74. The van der Waals surface area contributed by atoms with E-state index in [1.54, 1.807) is 7.05 Å². The maximum atomic E-state index is 11.3. The zero-order valence-corrected chi connectivity index (χ0v) is 11.1. The number of nitrogens with one attached hydrogen (secondary N) is 1. The Morgan fingerprint density at radius 2 is 2.18 bits per heavy atom. The molecule has 0 aromatic heterocycles. The van der Waals surface area contributed by atoms with Gasteiger partial charge in [0.2, 0.25) is 5.91 Å². The maximum Gasteiger partial charge on any atom is 0.239 e. The van der Waals surface area contributed by atoms with Crippen molar-refractivity contribution in [1.29, 1.82) is 0 Å². The fraction of sp³-hybridized carbons (Fsp3) is 0.333. The summed E-state index contributed by atoms with van der Waals surface area (Å²) in [5.41, 5.74) is 8.44. The molecule has 0 saturated carbocycles. The number of hydrogen-bond acceptors (Lipinski definition) is 3. The van der Waals surface area contributed by atoms with Gasteiger partial charge in [-0.1, -0.05) is 12.2 Å². The molecule has 0 fully saturated rings. The van der Waals surface area contributed by atoms with Gasteiger partial charge in [0.15, 0.2) is 0 Å². The van der Waals surface area contributed by atoms with Gasteiger partial charge in [-0.3, -0.25) is 4.79 Å². The minimum Gasteiger partial charge on any atom is -0.389 e. The van der Waals surface area contributed by atoms with Gasteiger partial charge in [0.05, 0.1) is 6.54 Å².